The van der Waals surface area contributed by atoms with E-state index in [1.54, 1.807) is 6.26 Å². The average molecular weight is 217 g/mol. The third-order valence-electron chi connectivity index (χ3n) is 3.03. The van der Waals surface area contributed by atoms with Crippen molar-refractivity contribution in [2.24, 2.45) is 0 Å². The van der Waals surface area contributed by atoms with Gasteiger partial charge in [-0.2, -0.15) is 0 Å². The molecule has 1 atom stereocenters. The van der Waals surface area contributed by atoms with Crippen molar-refractivity contribution < 1.29 is 4.42 Å². The average Bonchev–Trinajstić information content (AvgIpc) is 2.76. The predicted molar refractivity (Wildman–Crippen MR) is 63.7 cm³/mol. The van der Waals surface area contributed by atoms with Gasteiger partial charge in [-0.05, 0) is 19.1 Å². The van der Waals surface area contributed by atoms with Gasteiger partial charge in [0.2, 0.25) is 0 Å². The smallest absolute Gasteiger partial charge is 0.139 e. The van der Waals surface area contributed by atoms with E-state index in [0.717, 1.165) is 36.4 Å². The van der Waals surface area contributed by atoms with Gasteiger partial charge in [0.05, 0.1) is 11.6 Å². The molecule has 3 rings (SSSR count). The van der Waals surface area contributed by atoms with Crippen LogP contribution in [0.5, 0.6) is 0 Å². The van der Waals surface area contributed by atoms with Gasteiger partial charge in [-0.15, -0.1) is 0 Å². The summed E-state index contributed by atoms with van der Waals surface area (Å²) in [6.45, 7) is 5.21. The number of aromatic nitrogens is 1. The van der Waals surface area contributed by atoms with Gasteiger partial charge in [0.15, 0.2) is 0 Å². The number of hydrogen-bond donors (Lipinski definition) is 1. The van der Waals surface area contributed by atoms with Crippen LogP contribution in [0.1, 0.15) is 6.92 Å². The van der Waals surface area contributed by atoms with E-state index < -0.39 is 0 Å². The minimum absolute atomic E-state index is 0.512. The number of anilines is 1. The highest BCUT2D eigenvalue weighted by atomic mass is 16.3. The summed E-state index contributed by atoms with van der Waals surface area (Å²) in [4.78, 5) is 6.79. The highest BCUT2D eigenvalue weighted by Gasteiger charge is 2.19. The van der Waals surface area contributed by atoms with E-state index in [0.29, 0.717) is 6.04 Å². The van der Waals surface area contributed by atoms with Gasteiger partial charge in [0.25, 0.3) is 0 Å². The van der Waals surface area contributed by atoms with Gasteiger partial charge in [-0.3, -0.25) is 0 Å². The summed E-state index contributed by atoms with van der Waals surface area (Å²) in [7, 11) is 0. The molecule has 0 radical (unpaired) electrons. The Hall–Kier alpha value is -1.55. The summed E-state index contributed by atoms with van der Waals surface area (Å²) in [6.07, 6.45) is 3.54. The molecule has 1 saturated heterocycles. The van der Waals surface area contributed by atoms with E-state index in [1.165, 1.54) is 0 Å². The predicted octanol–water partition coefficient (Wildman–Crippen LogP) is 1.63. The van der Waals surface area contributed by atoms with Crippen LogP contribution < -0.4 is 10.2 Å². The molecular formula is C12H15N3O. The molecule has 2 aromatic rings. The summed E-state index contributed by atoms with van der Waals surface area (Å²) in [5.74, 6) is 1.04. The molecular weight excluding hydrogens is 202 g/mol. The van der Waals surface area contributed by atoms with Gasteiger partial charge in [-0.25, -0.2) is 4.98 Å². The second-order valence-corrected chi connectivity index (χ2v) is 4.27. The Labute approximate surface area is 94.3 Å². The largest absolute Gasteiger partial charge is 0.464 e. The summed E-state index contributed by atoms with van der Waals surface area (Å²) >= 11 is 0. The first-order valence-electron chi connectivity index (χ1n) is 5.65. The van der Waals surface area contributed by atoms with Crippen molar-refractivity contribution in [1.29, 1.82) is 0 Å². The summed E-state index contributed by atoms with van der Waals surface area (Å²) < 4.78 is 5.39. The van der Waals surface area contributed by atoms with Crippen LogP contribution in [0.4, 0.5) is 5.82 Å². The van der Waals surface area contributed by atoms with E-state index in [1.807, 2.05) is 18.3 Å². The summed E-state index contributed by atoms with van der Waals surface area (Å²) in [5.41, 5.74) is 0.913. The van der Waals surface area contributed by atoms with Gasteiger partial charge in [-0.1, -0.05) is 0 Å². The Morgan fingerprint density at radius 3 is 3.31 bits per heavy atom. The molecule has 0 unspecified atom stereocenters. The minimum Gasteiger partial charge on any atom is -0.464 e. The molecule has 0 aromatic carbocycles. The lowest BCUT2D eigenvalue weighted by molar-refractivity contribution is 0.483. The van der Waals surface area contributed by atoms with Crippen molar-refractivity contribution in [2.45, 2.75) is 13.0 Å². The van der Waals surface area contributed by atoms with Crippen LogP contribution >= 0.6 is 0 Å². The summed E-state index contributed by atoms with van der Waals surface area (Å²) in [6, 6.07) is 4.41. The lowest BCUT2D eigenvalue weighted by Crippen LogP contribution is -2.49. The zero-order chi connectivity index (χ0) is 11.0. The van der Waals surface area contributed by atoms with Gasteiger partial charge in [0.1, 0.15) is 11.4 Å². The minimum atomic E-state index is 0.512. The molecule has 1 aliphatic heterocycles. The fraction of sp³-hybridized carbons (Fsp3) is 0.417. The molecule has 0 spiro atoms. The maximum Gasteiger partial charge on any atom is 0.139 e. The highest BCUT2D eigenvalue weighted by Crippen LogP contribution is 2.25. The third kappa shape index (κ3) is 1.55. The summed E-state index contributed by atoms with van der Waals surface area (Å²) in [5, 5.41) is 4.54. The van der Waals surface area contributed by atoms with Crippen molar-refractivity contribution in [2.75, 3.05) is 24.5 Å². The molecule has 1 aliphatic rings. The monoisotopic (exact) mass is 217 g/mol. The van der Waals surface area contributed by atoms with E-state index >= 15 is 0 Å². The van der Waals surface area contributed by atoms with Gasteiger partial charge in [0, 0.05) is 31.9 Å². The molecule has 1 fully saturated rings. The number of fused-ring (bicyclic) bond motifs is 1. The van der Waals surface area contributed by atoms with Crippen molar-refractivity contribution in [1.82, 2.24) is 10.3 Å². The Morgan fingerprint density at radius 1 is 1.50 bits per heavy atom. The molecule has 0 amide bonds. The molecule has 4 nitrogen and oxygen atoms in total. The molecule has 2 aromatic heterocycles. The van der Waals surface area contributed by atoms with Crippen molar-refractivity contribution in [3.05, 3.63) is 24.6 Å². The molecule has 0 aliphatic carbocycles. The zero-order valence-corrected chi connectivity index (χ0v) is 9.31. The second kappa shape index (κ2) is 3.79. The first kappa shape index (κ1) is 9.66. The SMILES string of the molecule is C[C@H]1CN(c2nccc3occc23)CCN1. The zero-order valence-electron chi connectivity index (χ0n) is 9.31. The molecule has 1 N–H and O–H groups in total. The number of nitrogens with zero attached hydrogens (tertiary/aromatic N) is 2. The van der Waals surface area contributed by atoms with Crippen molar-refractivity contribution in [3.8, 4) is 0 Å². The highest BCUT2D eigenvalue weighted by molar-refractivity contribution is 5.88. The number of nitrogens with one attached hydrogen (secondary N) is 1. The van der Waals surface area contributed by atoms with Crippen molar-refractivity contribution in [3.63, 3.8) is 0 Å². The van der Waals surface area contributed by atoms with Gasteiger partial charge < -0.3 is 14.6 Å². The third-order valence-corrected chi connectivity index (χ3v) is 3.03. The second-order valence-electron chi connectivity index (χ2n) is 4.27. The quantitative estimate of drug-likeness (QED) is 0.788. The molecule has 4 heteroatoms. The Kier molecular flexibility index (Phi) is 2.29. The number of piperazine rings is 1. The Balaban J connectivity index is 2.01. The maximum absolute atomic E-state index is 5.39. The molecule has 16 heavy (non-hydrogen) atoms. The molecule has 84 valence electrons. The van der Waals surface area contributed by atoms with Crippen LogP contribution in [0.15, 0.2) is 29.0 Å². The standard InChI is InChI=1S/C12H15N3O/c1-9-8-15(6-5-13-9)12-10-3-7-16-11(10)2-4-14-12/h2-4,7,9,13H,5-6,8H2,1H3/t9-/m0/s1. The van der Waals surface area contributed by atoms with E-state index in [9.17, 15) is 0 Å². The molecule has 0 saturated carbocycles. The number of pyridine rings is 1. The van der Waals surface area contributed by atoms with Crippen LogP contribution in [0.2, 0.25) is 0 Å². The fourth-order valence-electron chi connectivity index (χ4n) is 2.26. The topological polar surface area (TPSA) is 41.3 Å². The number of hydrogen-bond acceptors (Lipinski definition) is 4. The lowest BCUT2D eigenvalue weighted by atomic mass is 10.2. The van der Waals surface area contributed by atoms with E-state index in [2.05, 4.69) is 22.1 Å². The van der Waals surface area contributed by atoms with Crippen LogP contribution in [0.3, 0.4) is 0 Å². The lowest BCUT2D eigenvalue weighted by Gasteiger charge is -2.32. The Morgan fingerprint density at radius 2 is 2.44 bits per heavy atom. The van der Waals surface area contributed by atoms with Gasteiger partial charge >= 0.3 is 0 Å². The first-order chi connectivity index (χ1) is 7.84. The van der Waals surface area contributed by atoms with Crippen LogP contribution in [-0.4, -0.2) is 30.7 Å². The van der Waals surface area contributed by atoms with Crippen LogP contribution in [0.25, 0.3) is 11.0 Å². The fourth-order valence-corrected chi connectivity index (χ4v) is 2.26. The molecule has 3 heterocycles. The number of rotatable bonds is 1. The number of furan rings is 1. The van der Waals surface area contributed by atoms with E-state index in [4.69, 9.17) is 4.42 Å². The van der Waals surface area contributed by atoms with Crippen molar-refractivity contribution >= 4 is 16.8 Å². The molecule has 0 bridgehead atoms. The normalized spacial score (nSPS) is 21.6. The van der Waals surface area contributed by atoms with E-state index in [-0.39, 0.29) is 0 Å². The van der Waals surface area contributed by atoms with Crippen LogP contribution in [0, 0.1) is 0 Å². The maximum atomic E-state index is 5.39. The first-order valence-corrected chi connectivity index (χ1v) is 5.65. The van der Waals surface area contributed by atoms with Crippen LogP contribution in [-0.2, 0) is 0 Å². The Bertz CT molecular complexity index is 494.